The maximum atomic E-state index is 12.2. The third-order valence-electron chi connectivity index (χ3n) is 2.89. The number of carbonyl (C=O) groups is 1. The van der Waals surface area contributed by atoms with E-state index >= 15 is 0 Å². The average molecular weight is 280 g/mol. The molecule has 1 amide bonds. The van der Waals surface area contributed by atoms with Crippen LogP contribution in [0.2, 0.25) is 5.02 Å². The zero-order chi connectivity index (χ0) is 14.0. The summed E-state index contributed by atoms with van der Waals surface area (Å²) in [6.45, 7) is 1.83. The molecule has 0 aliphatic heterocycles. The highest BCUT2D eigenvalue weighted by molar-refractivity contribution is 6.31. The highest BCUT2D eigenvalue weighted by atomic mass is 35.5. The molecule has 1 aromatic heterocycles. The minimum Gasteiger partial charge on any atom is -0.495 e. The van der Waals surface area contributed by atoms with E-state index in [1.54, 1.807) is 29.9 Å². The molecular formula is C13H14ClN3O2. The highest BCUT2D eigenvalue weighted by Crippen LogP contribution is 2.28. The van der Waals surface area contributed by atoms with E-state index in [4.69, 9.17) is 16.3 Å². The number of nitrogens with zero attached hydrogens (tertiary/aromatic N) is 2. The van der Waals surface area contributed by atoms with Crippen LogP contribution in [0, 0.1) is 6.92 Å². The molecule has 0 aliphatic rings. The smallest absolute Gasteiger partial charge is 0.259 e. The van der Waals surface area contributed by atoms with Crippen molar-refractivity contribution in [2.45, 2.75) is 6.92 Å². The molecule has 2 rings (SSSR count). The van der Waals surface area contributed by atoms with Crippen LogP contribution in [0.1, 0.15) is 16.1 Å². The molecule has 0 radical (unpaired) electrons. The topological polar surface area (TPSA) is 56.1 Å². The molecule has 0 fully saturated rings. The number of anilines is 1. The molecule has 1 aromatic carbocycles. The first-order chi connectivity index (χ1) is 9.02. The van der Waals surface area contributed by atoms with E-state index in [-0.39, 0.29) is 5.91 Å². The Bertz CT molecular complexity index is 622. The number of aryl methyl sites for hydroxylation is 1. The molecule has 2 aromatic rings. The van der Waals surface area contributed by atoms with Crippen LogP contribution in [0.5, 0.6) is 5.75 Å². The van der Waals surface area contributed by atoms with Crippen LogP contribution in [-0.4, -0.2) is 22.8 Å². The molecule has 100 valence electrons. The fraction of sp³-hybridized carbons (Fsp3) is 0.231. The number of amides is 1. The normalized spacial score (nSPS) is 10.3. The van der Waals surface area contributed by atoms with Crippen LogP contribution in [0.15, 0.2) is 24.4 Å². The fourth-order valence-electron chi connectivity index (χ4n) is 1.69. The van der Waals surface area contributed by atoms with Crippen molar-refractivity contribution in [3.05, 3.63) is 40.7 Å². The number of halogens is 1. The number of ether oxygens (including phenoxy) is 1. The van der Waals surface area contributed by atoms with E-state index in [0.29, 0.717) is 22.0 Å². The van der Waals surface area contributed by atoms with E-state index in [1.165, 1.54) is 13.3 Å². The van der Waals surface area contributed by atoms with Crippen molar-refractivity contribution in [2.75, 3.05) is 12.4 Å². The molecule has 0 saturated carbocycles. The van der Waals surface area contributed by atoms with Gasteiger partial charge in [0, 0.05) is 17.8 Å². The maximum absolute atomic E-state index is 12.2. The summed E-state index contributed by atoms with van der Waals surface area (Å²) < 4.78 is 6.82. The van der Waals surface area contributed by atoms with Gasteiger partial charge in [-0.3, -0.25) is 9.48 Å². The molecule has 19 heavy (non-hydrogen) atoms. The first kappa shape index (κ1) is 13.4. The number of benzene rings is 1. The van der Waals surface area contributed by atoms with Crippen molar-refractivity contribution >= 4 is 23.2 Å². The second-order valence-corrected chi connectivity index (χ2v) is 4.50. The summed E-state index contributed by atoms with van der Waals surface area (Å²) >= 11 is 5.92. The lowest BCUT2D eigenvalue weighted by Crippen LogP contribution is -2.13. The van der Waals surface area contributed by atoms with Gasteiger partial charge in [-0.15, -0.1) is 0 Å². The molecule has 6 heteroatoms. The van der Waals surface area contributed by atoms with Gasteiger partial charge in [0.2, 0.25) is 0 Å². The number of hydrogen-bond acceptors (Lipinski definition) is 3. The Kier molecular flexibility index (Phi) is 3.76. The molecule has 0 saturated heterocycles. The Labute approximate surface area is 116 Å². The highest BCUT2D eigenvalue weighted by Gasteiger charge is 2.15. The summed E-state index contributed by atoms with van der Waals surface area (Å²) in [4.78, 5) is 12.2. The minimum absolute atomic E-state index is 0.244. The zero-order valence-corrected chi connectivity index (χ0v) is 11.7. The lowest BCUT2D eigenvalue weighted by atomic mass is 10.2. The summed E-state index contributed by atoms with van der Waals surface area (Å²) in [5.41, 5.74) is 1.84. The average Bonchev–Trinajstić information content (AvgIpc) is 2.70. The molecule has 0 spiro atoms. The van der Waals surface area contributed by atoms with Gasteiger partial charge in [-0.2, -0.15) is 5.10 Å². The Morgan fingerprint density at radius 3 is 2.79 bits per heavy atom. The van der Waals surface area contributed by atoms with Crippen LogP contribution in [0.25, 0.3) is 0 Å². The van der Waals surface area contributed by atoms with Crippen LogP contribution in [-0.2, 0) is 7.05 Å². The van der Waals surface area contributed by atoms with Crippen LogP contribution >= 0.6 is 11.6 Å². The van der Waals surface area contributed by atoms with E-state index in [9.17, 15) is 4.79 Å². The van der Waals surface area contributed by atoms with Crippen molar-refractivity contribution < 1.29 is 9.53 Å². The third kappa shape index (κ3) is 2.71. The molecule has 5 nitrogen and oxygen atoms in total. The van der Waals surface area contributed by atoms with Gasteiger partial charge in [0.1, 0.15) is 5.75 Å². The second kappa shape index (κ2) is 5.32. The molecule has 0 aliphatic carbocycles. The van der Waals surface area contributed by atoms with Crippen molar-refractivity contribution in [3.63, 3.8) is 0 Å². The number of hydrogen-bond donors (Lipinski definition) is 1. The SMILES string of the molecule is COc1ccc(Cl)cc1NC(=O)c1cnn(C)c1C. The van der Waals surface area contributed by atoms with E-state index < -0.39 is 0 Å². The Morgan fingerprint density at radius 1 is 1.47 bits per heavy atom. The summed E-state index contributed by atoms with van der Waals surface area (Å²) in [5.74, 6) is 0.311. The lowest BCUT2D eigenvalue weighted by Gasteiger charge is -2.10. The van der Waals surface area contributed by atoms with E-state index in [0.717, 1.165) is 5.69 Å². The van der Waals surface area contributed by atoms with Gasteiger partial charge in [-0.1, -0.05) is 11.6 Å². The van der Waals surface area contributed by atoms with Crippen LogP contribution in [0.4, 0.5) is 5.69 Å². The van der Waals surface area contributed by atoms with Crippen LogP contribution in [0.3, 0.4) is 0 Å². The number of nitrogens with one attached hydrogen (secondary N) is 1. The number of rotatable bonds is 3. The first-order valence-corrected chi connectivity index (χ1v) is 6.04. The minimum atomic E-state index is -0.244. The van der Waals surface area contributed by atoms with Gasteiger partial charge >= 0.3 is 0 Å². The largest absolute Gasteiger partial charge is 0.495 e. The molecule has 0 atom stereocenters. The predicted molar refractivity (Wildman–Crippen MR) is 73.9 cm³/mol. The summed E-state index contributed by atoms with van der Waals surface area (Å²) in [6.07, 6.45) is 1.53. The van der Waals surface area contributed by atoms with Gasteiger partial charge in [0.25, 0.3) is 5.91 Å². The molecular weight excluding hydrogens is 266 g/mol. The number of aromatic nitrogens is 2. The lowest BCUT2D eigenvalue weighted by molar-refractivity contribution is 0.102. The third-order valence-corrected chi connectivity index (χ3v) is 3.12. The van der Waals surface area contributed by atoms with Gasteiger partial charge in [-0.05, 0) is 25.1 Å². The summed E-state index contributed by atoms with van der Waals surface area (Å²) in [7, 11) is 3.32. The molecule has 1 heterocycles. The predicted octanol–water partition coefficient (Wildman–Crippen LogP) is 2.64. The van der Waals surface area contributed by atoms with E-state index in [1.807, 2.05) is 6.92 Å². The quantitative estimate of drug-likeness (QED) is 0.940. The van der Waals surface area contributed by atoms with Crippen molar-refractivity contribution in [3.8, 4) is 5.75 Å². The molecule has 0 unspecified atom stereocenters. The van der Waals surface area contributed by atoms with E-state index in [2.05, 4.69) is 10.4 Å². The van der Waals surface area contributed by atoms with Crippen molar-refractivity contribution in [1.82, 2.24) is 9.78 Å². The molecule has 1 N–H and O–H groups in total. The Morgan fingerprint density at radius 2 is 2.21 bits per heavy atom. The number of carbonyl (C=O) groups excluding carboxylic acids is 1. The molecule has 0 bridgehead atoms. The Hall–Kier alpha value is -2.01. The standard InChI is InChI=1S/C13H14ClN3O2/c1-8-10(7-15-17(8)2)13(18)16-11-6-9(14)4-5-12(11)19-3/h4-7H,1-3H3,(H,16,18). The summed E-state index contributed by atoms with van der Waals surface area (Å²) in [6, 6.07) is 5.05. The van der Waals surface area contributed by atoms with Gasteiger partial charge in [0.15, 0.2) is 0 Å². The van der Waals surface area contributed by atoms with Gasteiger partial charge in [-0.25, -0.2) is 0 Å². The monoisotopic (exact) mass is 279 g/mol. The second-order valence-electron chi connectivity index (χ2n) is 4.07. The summed E-state index contributed by atoms with van der Waals surface area (Å²) in [5, 5.41) is 7.34. The fourth-order valence-corrected chi connectivity index (χ4v) is 1.86. The van der Waals surface area contributed by atoms with Gasteiger partial charge < -0.3 is 10.1 Å². The number of methoxy groups -OCH3 is 1. The zero-order valence-electron chi connectivity index (χ0n) is 10.9. The van der Waals surface area contributed by atoms with Gasteiger partial charge in [0.05, 0.1) is 24.6 Å². The van der Waals surface area contributed by atoms with Crippen molar-refractivity contribution in [1.29, 1.82) is 0 Å². The Balaban J connectivity index is 2.28. The first-order valence-electron chi connectivity index (χ1n) is 5.66. The van der Waals surface area contributed by atoms with Crippen molar-refractivity contribution in [2.24, 2.45) is 7.05 Å². The van der Waals surface area contributed by atoms with Crippen LogP contribution < -0.4 is 10.1 Å². The maximum Gasteiger partial charge on any atom is 0.259 e.